The van der Waals surface area contributed by atoms with Gasteiger partial charge >= 0.3 is 0 Å². The molecule has 15 heavy (non-hydrogen) atoms. The lowest BCUT2D eigenvalue weighted by Crippen LogP contribution is -2.39. The summed E-state index contributed by atoms with van der Waals surface area (Å²) in [6, 6.07) is 2.11. The Morgan fingerprint density at radius 1 is 1.47 bits per heavy atom. The Morgan fingerprint density at radius 3 is 2.67 bits per heavy atom. The SMILES string of the molecule is CCN(CCC#N)CC(=O)N1CCCC1. The molecule has 0 saturated carbocycles. The van der Waals surface area contributed by atoms with Gasteiger partial charge in [0, 0.05) is 26.1 Å². The number of carbonyl (C=O) groups excluding carboxylic acids is 1. The fourth-order valence-electron chi connectivity index (χ4n) is 1.81. The second-order valence-corrected chi connectivity index (χ2v) is 3.86. The van der Waals surface area contributed by atoms with Gasteiger partial charge in [0.2, 0.25) is 5.91 Å². The Balaban J connectivity index is 2.30. The number of nitriles is 1. The van der Waals surface area contributed by atoms with Gasteiger partial charge in [-0.2, -0.15) is 5.26 Å². The van der Waals surface area contributed by atoms with Crippen molar-refractivity contribution in [3.8, 4) is 6.07 Å². The normalized spacial score (nSPS) is 15.7. The predicted molar refractivity (Wildman–Crippen MR) is 58.2 cm³/mol. The zero-order valence-electron chi connectivity index (χ0n) is 9.41. The van der Waals surface area contributed by atoms with Crippen LogP contribution in [0.25, 0.3) is 0 Å². The summed E-state index contributed by atoms with van der Waals surface area (Å²) in [6.07, 6.45) is 2.77. The minimum Gasteiger partial charge on any atom is -0.342 e. The fourth-order valence-corrected chi connectivity index (χ4v) is 1.81. The average Bonchev–Trinajstić information content (AvgIpc) is 2.77. The predicted octanol–water partition coefficient (Wildman–Crippen LogP) is 0.844. The molecule has 0 aromatic carbocycles. The van der Waals surface area contributed by atoms with E-state index in [9.17, 15) is 4.79 Å². The summed E-state index contributed by atoms with van der Waals surface area (Å²) >= 11 is 0. The van der Waals surface area contributed by atoms with Crippen LogP contribution in [-0.2, 0) is 4.79 Å². The Morgan fingerprint density at radius 2 is 2.13 bits per heavy atom. The maximum Gasteiger partial charge on any atom is 0.236 e. The van der Waals surface area contributed by atoms with Crippen LogP contribution >= 0.6 is 0 Å². The first-order chi connectivity index (χ1) is 7.27. The molecule has 0 aromatic rings. The highest BCUT2D eigenvalue weighted by Gasteiger charge is 2.19. The molecule has 1 saturated heterocycles. The number of rotatable bonds is 5. The third-order valence-electron chi connectivity index (χ3n) is 2.80. The first-order valence-electron chi connectivity index (χ1n) is 5.65. The van der Waals surface area contributed by atoms with E-state index in [-0.39, 0.29) is 5.91 Å². The molecule has 1 fully saturated rings. The van der Waals surface area contributed by atoms with Crippen molar-refractivity contribution >= 4 is 5.91 Å². The lowest BCUT2D eigenvalue weighted by molar-refractivity contribution is -0.131. The minimum atomic E-state index is 0.215. The molecular weight excluding hydrogens is 190 g/mol. The van der Waals surface area contributed by atoms with E-state index in [0.29, 0.717) is 19.5 Å². The van der Waals surface area contributed by atoms with Crippen LogP contribution in [0.2, 0.25) is 0 Å². The van der Waals surface area contributed by atoms with E-state index < -0.39 is 0 Å². The average molecular weight is 209 g/mol. The highest BCUT2D eigenvalue weighted by molar-refractivity contribution is 5.78. The third kappa shape index (κ3) is 3.88. The Labute approximate surface area is 91.5 Å². The van der Waals surface area contributed by atoms with Gasteiger partial charge in [0.05, 0.1) is 12.6 Å². The van der Waals surface area contributed by atoms with E-state index in [0.717, 1.165) is 32.5 Å². The van der Waals surface area contributed by atoms with Crippen molar-refractivity contribution < 1.29 is 4.79 Å². The van der Waals surface area contributed by atoms with Gasteiger partial charge in [-0.15, -0.1) is 0 Å². The Hall–Kier alpha value is -1.08. The van der Waals surface area contributed by atoms with Gasteiger partial charge in [-0.1, -0.05) is 6.92 Å². The highest BCUT2D eigenvalue weighted by Crippen LogP contribution is 2.08. The van der Waals surface area contributed by atoms with Gasteiger partial charge in [-0.25, -0.2) is 0 Å². The highest BCUT2D eigenvalue weighted by atomic mass is 16.2. The van der Waals surface area contributed by atoms with E-state index in [1.165, 1.54) is 0 Å². The second kappa shape index (κ2) is 6.41. The maximum absolute atomic E-state index is 11.8. The van der Waals surface area contributed by atoms with E-state index in [2.05, 4.69) is 6.07 Å². The quantitative estimate of drug-likeness (QED) is 0.674. The van der Waals surface area contributed by atoms with Crippen LogP contribution < -0.4 is 0 Å². The van der Waals surface area contributed by atoms with Gasteiger partial charge in [-0.05, 0) is 19.4 Å². The fraction of sp³-hybridized carbons (Fsp3) is 0.818. The summed E-state index contributed by atoms with van der Waals surface area (Å²) in [6.45, 7) is 5.85. The van der Waals surface area contributed by atoms with Crippen molar-refractivity contribution in [3.05, 3.63) is 0 Å². The molecule has 4 nitrogen and oxygen atoms in total. The van der Waals surface area contributed by atoms with Crippen molar-refractivity contribution in [3.63, 3.8) is 0 Å². The van der Waals surface area contributed by atoms with E-state index in [1.54, 1.807) is 0 Å². The van der Waals surface area contributed by atoms with Gasteiger partial charge in [0.1, 0.15) is 0 Å². The minimum absolute atomic E-state index is 0.215. The summed E-state index contributed by atoms with van der Waals surface area (Å²) in [5.74, 6) is 0.215. The van der Waals surface area contributed by atoms with Crippen LogP contribution in [0, 0.1) is 11.3 Å². The lowest BCUT2D eigenvalue weighted by Gasteiger charge is -2.22. The Bertz CT molecular complexity index is 241. The number of hydrogen-bond donors (Lipinski definition) is 0. The van der Waals surface area contributed by atoms with E-state index >= 15 is 0 Å². The molecule has 1 heterocycles. The van der Waals surface area contributed by atoms with Crippen molar-refractivity contribution in [2.24, 2.45) is 0 Å². The molecule has 4 heteroatoms. The number of amides is 1. The summed E-state index contributed by atoms with van der Waals surface area (Å²) < 4.78 is 0. The van der Waals surface area contributed by atoms with Gasteiger partial charge in [0.15, 0.2) is 0 Å². The van der Waals surface area contributed by atoms with Gasteiger partial charge < -0.3 is 4.90 Å². The van der Waals surface area contributed by atoms with Crippen molar-refractivity contribution in [1.82, 2.24) is 9.80 Å². The summed E-state index contributed by atoms with van der Waals surface area (Å²) in [4.78, 5) is 15.7. The molecule has 0 N–H and O–H groups in total. The monoisotopic (exact) mass is 209 g/mol. The molecule has 1 aliphatic heterocycles. The second-order valence-electron chi connectivity index (χ2n) is 3.86. The smallest absolute Gasteiger partial charge is 0.236 e. The molecule has 0 radical (unpaired) electrons. The molecular formula is C11H19N3O. The molecule has 0 unspecified atom stereocenters. The maximum atomic E-state index is 11.8. The molecule has 0 spiro atoms. The van der Waals surface area contributed by atoms with Crippen LogP contribution in [-0.4, -0.2) is 48.4 Å². The molecule has 0 aliphatic carbocycles. The van der Waals surface area contributed by atoms with Crippen LogP contribution in [0.4, 0.5) is 0 Å². The van der Waals surface area contributed by atoms with Gasteiger partial charge in [0.25, 0.3) is 0 Å². The number of carbonyl (C=O) groups is 1. The number of nitrogens with zero attached hydrogens (tertiary/aromatic N) is 3. The van der Waals surface area contributed by atoms with E-state index in [4.69, 9.17) is 5.26 Å². The van der Waals surface area contributed by atoms with Crippen molar-refractivity contribution in [2.45, 2.75) is 26.2 Å². The first kappa shape index (κ1) is 12.0. The summed E-state index contributed by atoms with van der Waals surface area (Å²) in [7, 11) is 0. The summed E-state index contributed by atoms with van der Waals surface area (Å²) in [5, 5.41) is 8.48. The topological polar surface area (TPSA) is 47.3 Å². The molecule has 84 valence electrons. The van der Waals surface area contributed by atoms with Crippen LogP contribution in [0.15, 0.2) is 0 Å². The zero-order valence-corrected chi connectivity index (χ0v) is 9.41. The zero-order chi connectivity index (χ0) is 11.1. The van der Waals surface area contributed by atoms with Crippen molar-refractivity contribution in [1.29, 1.82) is 5.26 Å². The third-order valence-corrected chi connectivity index (χ3v) is 2.80. The number of likely N-dealkylation sites (N-methyl/N-ethyl adjacent to an activating group) is 1. The molecule has 0 atom stereocenters. The van der Waals surface area contributed by atoms with Crippen LogP contribution in [0.1, 0.15) is 26.2 Å². The molecule has 1 rings (SSSR count). The number of likely N-dealkylation sites (tertiary alicyclic amines) is 1. The first-order valence-corrected chi connectivity index (χ1v) is 5.65. The largest absolute Gasteiger partial charge is 0.342 e. The van der Waals surface area contributed by atoms with Crippen molar-refractivity contribution in [2.75, 3.05) is 32.7 Å². The molecule has 0 aromatic heterocycles. The van der Waals surface area contributed by atoms with Gasteiger partial charge in [-0.3, -0.25) is 9.69 Å². The Kier molecular flexibility index (Phi) is 5.13. The molecule has 1 aliphatic rings. The number of hydrogen-bond acceptors (Lipinski definition) is 3. The summed E-state index contributed by atoms with van der Waals surface area (Å²) in [5.41, 5.74) is 0. The van der Waals surface area contributed by atoms with Crippen LogP contribution in [0.5, 0.6) is 0 Å². The lowest BCUT2D eigenvalue weighted by atomic mass is 10.3. The van der Waals surface area contributed by atoms with E-state index in [1.807, 2.05) is 16.7 Å². The molecule has 1 amide bonds. The van der Waals surface area contributed by atoms with Crippen LogP contribution in [0.3, 0.4) is 0 Å². The standard InChI is InChI=1S/C11H19N3O/c1-2-13(7-5-6-12)10-11(15)14-8-3-4-9-14/h2-5,7-10H2,1H3. The molecule has 0 bridgehead atoms.